The molecule has 0 atom stereocenters. The Kier molecular flexibility index (Phi) is 7.76. The minimum atomic E-state index is -0.285. The van der Waals surface area contributed by atoms with Crippen molar-refractivity contribution in [2.75, 3.05) is 26.2 Å². The van der Waals surface area contributed by atoms with Crippen molar-refractivity contribution in [3.8, 4) is 5.75 Å². The van der Waals surface area contributed by atoms with E-state index in [0.717, 1.165) is 31.5 Å². The number of likely N-dealkylation sites (tertiary alicyclic amines) is 1. The number of nitrogens with one attached hydrogen (secondary N) is 1. The summed E-state index contributed by atoms with van der Waals surface area (Å²) in [6, 6.07) is 10.3. The van der Waals surface area contributed by atoms with Crippen LogP contribution in [0.15, 0.2) is 36.4 Å². The zero-order chi connectivity index (χ0) is 20.8. The van der Waals surface area contributed by atoms with E-state index >= 15 is 0 Å². The second kappa shape index (κ2) is 10.3. The largest absolute Gasteiger partial charge is 0.492 e. The molecule has 0 unspecified atom stereocenters. The van der Waals surface area contributed by atoms with Crippen LogP contribution in [0.2, 0.25) is 10.0 Å². The molecule has 1 amide bonds. The van der Waals surface area contributed by atoms with Crippen molar-refractivity contribution in [3.63, 3.8) is 0 Å². The minimum absolute atomic E-state index is 0.0313. The number of halogens is 3. The van der Waals surface area contributed by atoms with Gasteiger partial charge in [-0.25, -0.2) is 4.39 Å². The predicted octanol–water partition coefficient (Wildman–Crippen LogP) is 4.85. The van der Waals surface area contributed by atoms with Gasteiger partial charge in [-0.15, -0.1) is 0 Å². The first-order chi connectivity index (χ1) is 13.9. The van der Waals surface area contributed by atoms with Crippen LogP contribution in [-0.2, 0) is 11.3 Å². The molecule has 3 rings (SSSR count). The third-order valence-electron chi connectivity index (χ3n) is 5.22. The molecular weight excluding hydrogens is 414 g/mol. The van der Waals surface area contributed by atoms with E-state index in [4.69, 9.17) is 27.9 Å². The number of amides is 1. The molecule has 0 bridgehead atoms. The standard InChI is InChI=1S/C22H25Cl2FN2O2/c1-15-5-6-17(13-20(15)24)29-12-9-26-22(28)16-7-10-27(11-8-16)14-18-19(23)3-2-4-21(18)25/h2-6,13,16H,7-12,14H2,1H3,(H,26,28). The summed E-state index contributed by atoms with van der Waals surface area (Å²) in [5, 5.41) is 4.04. The van der Waals surface area contributed by atoms with Crippen LogP contribution in [0.5, 0.6) is 5.75 Å². The van der Waals surface area contributed by atoms with E-state index in [-0.39, 0.29) is 17.6 Å². The lowest BCUT2D eigenvalue weighted by atomic mass is 9.95. The van der Waals surface area contributed by atoms with Crippen molar-refractivity contribution in [2.45, 2.75) is 26.3 Å². The van der Waals surface area contributed by atoms with Crippen molar-refractivity contribution >= 4 is 29.1 Å². The van der Waals surface area contributed by atoms with E-state index in [2.05, 4.69) is 10.2 Å². The first-order valence-corrected chi connectivity index (χ1v) is 10.5. The van der Waals surface area contributed by atoms with Crippen molar-refractivity contribution in [1.82, 2.24) is 10.2 Å². The summed E-state index contributed by atoms with van der Waals surface area (Å²) in [5.74, 6) is 0.414. The first kappa shape index (κ1) is 21.9. The maximum atomic E-state index is 14.0. The van der Waals surface area contributed by atoms with Crippen LogP contribution >= 0.6 is 23.2 Å². The van der Waals surface area contributed by atoms with Gasteiger partial charge in [0, 0.05) is 28.1 Å². The van der Waals surface area contributed by atoms with Crippen LogP contribution in [-0.4, -0.2) is 37.0 Å². The Morgan fingerprint density at radius 1 is 1.21 bits per heavy atom. The van der Waals surface area contributed by atoms with E-state index in [1.807, 2.05) is 19.1 Å². The molecule has 0 aromatic heterocycles. The van der Waals surface area contributed by atoms with Gasteiger partial charge in [-0.3, -0.25) is 9.69 Å². The smallest absolute Gasteiger partial charge is 0.223 e. The number of hydrogen-bond donors (Lipinski definition) is 1. The maximum absolute atomic E-state index is 14.0. The number of nitrogens with zero attached hydrogens (tertiary/aromatic N) is 1. The van der Waals surface area contributed by atoms with Gasteiger partial charge >= 0.3 is 0 Å². The predicted molar refractivity (Wildman–Crippen MR) is 114 cm³/mol. The first-order valence-electron chi connectivity index (χ1n) is 9.76. The van der Waals surface area contributed by atoms with Crippen LogP contribution in [0.3, 0.4) is 0 Å². The van der Waals surface area contributed by atoms with Crippen LogP contribution < -0.4 is 10.1 Å². The quantitative estimate of drug-likeness (QED) is 0.628. The minimum Gasteiger partial charge on any atom is -0.492 e. The Hall–Kier alpha value is -1.82. The summed E-state index contributed by atoms with van der Waals surface area (Å²) in [6.07, 6.45) is 1.48. The van der Waals surface area contributed by atoms with Crippen LogP contribution in [0.1, 0.15) is 24.0 Å². The fourth-order valence-corrected chi connectivity index (χ4v) is 3.80. The number of ether oxygens (including phenoxy) is 1. The van der Waals surface area contributed by atoms with E-state index in [0.29, 0.717) is 41.1 Å². The van der Waals surface area contributed by atoms with Gasteiger partial charge in [0.25, 0.3) is 0 Å². The van der Waals surface area contributed by atoms with Crippen molar-refractivity contribution in [2.24, 2.45) is 5.92 Å². The second-order valence-corrected chi connectivity index (χ2v) is 8.12. The molecule has 1 saturated heterocycles. The van der Waals surface area contributed by atoms with E-state index < -0.39 is 0 Å². The monoisotopic (exact) mass is 438 g/mol. The Morgan fingerprint density at radius 3 is 2.66 bits per heavy atom. The highest BCUT2D eigenvalue weighted by Crippen LogP contribution is 2.24. The number of carbonyl (C=O) groups excluding carboxylic acids is 1. The van der Waals surface area contributed by atoms with Gasteiger partial charge in [0.15, 0.2) is 0 Å². The Balaban J connectivity index is 1.38. The molecule has 0 saturated carbocycles. The molecule has 0 radical (unpaired) electrons. The molecule has 1 N–H and O–H groups in total. The molecule has 2 aromatic carbocycles. The number of rotatable bonds is 7. The number of benzene rings is 2. The van der Waals surface area contributed by atoms with Gasteiger partial charge in [0.1, 0.15) is 18.2 Å². The number of piperidine rings is 1. The summed E-state index contributed by atoms with van der Waals surface area (Å²) < 4.78 is 19.6. The topological polar surface area (TPSA) is 41.6 Å². The molecule has 156 valence electrons. The van der Waals surface area contributed by atoms with Gasteiger partial charge in [-0.1, -0.05) is 35.3 Å². The van der Waals surface area contributed by atoms with Crippen LogP contribution in [0.25, 0.3) is 0 Å². The molecular formula is C22H25Cl2FN2O2. The third kappa shape index (κ3) is 6.08. The summed E-state index contributed by atoms with van der Waals surface area (Å²) in [6.45, 7) is 4.70. The average molecular weight is 439 g/mol. The van der Waals surface area contributed by atoms with Crippen molar-refractivity contribution in [1.29, 1.82) is 0 Å². The Morgan fingerprint density at radius 2 is 1.97 bits per heavy atom. The van der Waals surface area contributed by atoms with Gasteiger partial charge in [0.2, 0.25) is 5.91 Å². The van der Waals surface area contributed by atoms with Crippen molar-refractivity contribution in [3.05, 3.63) is 63.4 Å². The van der Waals surface area contributed by atoms with Crippen LogP contribution in [0.4, 0.5) is 4.39 Å². The zero-order valence-corrected chi connectivity index (χ0v) is 17.9. The summed E-state index contributed by atoms with van der Waals surface area (Å²) in [5.41, 5.74) is 1.52. The van der Waals surface area contributed by atoms with Gasteiger partial charge in [-0.05, 0) is 62.7 Å². The molecule has 0 aliphatic carbocycles. The molecule has 29 heavy (non-hydrogen) atoms. The van der Waals surface area contributed by atoms with Crippen LogP contribution in [0, 0.1) is 18.7 Å². The van der Waals surface area contributed by atoms with E-state index in [1.165, 1.54) is 6.07 Å². The molecule has 4 nitrogen and oxygen atoms in total. The molecule has 2 aromatic rings. The Bertz CT molecular complexity index is 834. The number of hydrogen-bond acceptors (Lipinski definition) is 3. The van der Waals surface area contributed by atoms with E-state index in [9.17, 15) is 9.18 Å². The third-order valence-corrected chi connectivity index (χ3v) is 5.98. The van der Waals surface area contributed by atoms with E-state index in [1.54, 1.807) is 18.2 Å². The van der Waals surface area contributed by atoms with Gasteiger partial charge < -0.3 is 10.1 Å². The summed E-state index contributed by atoms with van der Waals surface area (Å²) in [7, 11) is 0. The lowest BCUT2D eigenvalue weighted by molar-refractivity contribution is -0.126. The molecule has 1 aliphatic rings. The fraction of sp³-hybridized carbons (Fsp3) is 0.409. The highest BCUT2D eigenvalue weighted by Gasteiger charge is 2.25. The van der Waals surface area contributed by atoms with Gasteiger partial charge in [-0.2, -0.15) is 0 Å². The number of carbonyl (C=O) groups is 1. The average Bonchev–Trinajstić information content (AvgIpc) is 2.71. The SMILES string of the molecule is Cc1ccc(OCCNC(=O)C2CCN(Cc3c(F)cccc3Cl)CC2)cc1Cl. The molecule has 1 fully saturated rings. The fourth-order valence-electron chi connectivity index (χ4n) is 3.41. The molecule has 1 heterocycles. The molecule has 1 aliphatic heterocycles. The lowest BCUT2D eigenvalue weighted by Crippen LogP contribution is -2.41. The zero-order valence-electron chi connectivity index (χ0n) is 16.4. The lowest BCUT2D eigenvalue weighted by Gasteiger charge is -2.31. The highest BCUT2D eigenvalue weighted by atomic mass is 35.5. The molecule has 7 heteroatoms. The molecule has 0 spiro atoms. The second-order valence-electron chi connectivity index (χ2n) is 7.30. The maximum Gasteiger partial charge on any atom is 0.223 e. The van der Waals surface area contributed by atoms with Crippen molar-refractivity contribution < 1.29 is 13.9 Å². The normalized spacial score (nSPS) is 15.3. The Labute approximate surface area is 180 Å². The summed E-state index contributed by atoms with van der Waals surface area (Å²) in [4.78, 5) is 14.5. The van der Waals surface area contributed by atoms with Gasteiger partial charge in [0.05, 0.1) is 6.54 Å². The summed E-state index contributed by atoms with van der Waals surface area (Å²) >= 11 is 12.2. The number of aryl methyl sites for hydroxylation is 1. The highest BCUT2D eigenvalue weighted by molar-refractivity contribution is 6.31.